The predicted molar refractivity (Wildman–Crippen MR) is 72.2 cm³/mol. The van der Waals surface area contributed by atoms with E-state index in [1.165, 1.54) is 18.6 Å². The zero-order chi connectivity index (χ0) is 13.0. The zero-order valence-electron chi connectivity index (χ0n) is 9.99. The Kier molecular flexibility index (Phi) is 4.38. The van der Waals surface area contributed by atoms with Crippen molar-refractivity contribution in [2.75, 3.05) is 25.0 Å². The molecule has 1 aromatic rings. The summed E-state index contributed by atoms with van der Waals surface area (Å²) < 4.78 is 0. The van der Waals surface area contributed by atoms with Gasteiger partial charge < -0.3 is 10.6 Å². The topological polar surface area (TPSA) is 67.2 Å². The van der Waals surface area contributed by atoms with Gasteiger partial charge >= 0.3 is 0 Å². The SMILES string of the molecule is O=[N+]([O-])c1ccc(NCCC2CCNC2)c(Cl)c1. The number of nitrogens with zero attached hydrogens (tertiary/aromatic N) is 1. The molecule has 1 aliphatic rings. The standard InChI is InChI=1S/C12H16ClN3O2/c13-11-7-10(16(17)18)1-2-12(11)15-6-4-9-3-5-14-8-9/h1-2,7,9,14-15H,3-6,8H2. The third-order valence-electron chi connectivity index (χ3n) is 3.19. The summed E-state index contributed by atoms with van der Waals surface area (Å²) in [5.74, 6) is 0.717. The number of nitro groups is 1. The molecular formula is C12H16ClN3O2. The fourth-order valence-electron chi connectivity index (χ4n) is 2.13. The van der Waals surface area contributed by atoms with Crippen molar-refractivity contribution < 1.29 is 4.92 Å². The molecule has 1 heterocycles. The molecule has 1 aromatic carbocycles. The van der Waals surface area contributed by atoms with Gasteiger partial charge in [0.05, 0.1) is 15.6 Å². The van der Waals surface area contributed by atoms with Crippen LogP contribution in [0.4, 0.5) is 11.4 Å². The number of anilines is 1. The Morgan fingerprint density at radius 2 is 2.39 bits per heavy atom. The van der Waals surface area contributed by atoms with E-state index in [1.54, 1.807) is 6.07 Å². The summed E-state index contributed by atoms with van der Waals surface area (Å²) in [5, 5.41) is 17.5. The summed E-state index contributed by atoms with van der Waals surface area (Å²) in [6.07, 6.45) is 2.30. The molecule has 1 fully saturated rings. The Morgan fingerprint density at radius 3 is 3.00 bits per heavy atom. The summed E-state index contributed by atoms with van der Waals surface area (Å²) in [4.78, 5) is 10.1. The van der Waals surface area contributed by atoms with Gasteiger partial charge in [0.15, 0.2) is 0 Å². The van der Waals surface area contributed by atoms with Crippen LogP contribution in [0.25, 0.3) is 0 Å². The average Bonchev–Trinajstić information content (AvgIpc) is 2.84. The summed E-state index contributed by atoms with van der Waals surface area (Å²) in [6.45, 7) is 3.02. The molecule has 18 heavy (non-hydrogen) atoms. The summed E-state index contributed by atoms with van der Waals surface area (Å²) in [7, 11) is 0. The third kappa shape index (κ3) is 3.34. The first-order chi connectivity index (χ1) is 8.66. The molecule has 2 N–H and O–H groups in total. The van der Waals surface area contributed by atoms with Crippen LogP contribution in [0.5, 0.6) is 0 Å². The highest BCUT2D eigenvalue weighted by Gasteiger charge is 2.14. The molecular weight excluding hydrogens is 254 g/mol. The number of rotatable bonds is 5. The maximum atomic E-state index is 10.6. The number of nitrogens with one attached hydrogen (secondary N) is 2. The van der Waals surface area contributed by atoms with E-state index in [9.17, 15) is 10.1 Å². The van der Waals surface area contributed by atoms with Gasteiger partial charge in [-0.2, -0.15) is 0 Å². The molecule has 0 bridgehead atoms. The third-order valence-corrected chi connectivity index (χ3v) is 3.51. The molecule has 0 saturated carbocycles. The largest absolute Gasteiger partial charge is 0.384 e. The van der Waals surface area contributed by atoms with Crippen molar-refractivity contribution >= 4 is 23.0 Å². The minimum atomic E-state index is -0.445. The Balaban J connectivity index is 1.87. The normalized spacial score (nSPS) is 18.8. The average molecular weight is 270 g/mol. The maximum absolute atomic E-state index is 10.6. The molecule has 98 valence electrons. The van der Waals surface area contributed by atoms with Gasteiger partial charge in [0, 0.05) is 18.7 Å². The van der Waals surface area contributed by atoms with Crippen LogP contribution in [0.2, 0.25) is 5.02 Å². The molecule has 1 saturated heterocycles. The Hall–Kier alpha value is -1.33. The van der Waals surface area contributed by atoms with E-state index < -0.39 is 4.92 Å². The van der Waals surface area contributed by atoms with E-state index in [2.05, 4.69) is 10.6 Å². The first-order valence-electron chi connectivity index (χ1n) is 6.05. The Labute approximate surface area is 111 Å². The lowest BCUT2D eigenvalue weighted by atomic mass is 10.1. The molecule has 1 atom stereocenters. The van der Waals surface area contributed by atoms with Gasteiger partial charge in [0.2, 0.25) is 0 Å². The van der Waals surface area contributed by atoms with Gasteiger partial charge in [0.25, 0.3) is 5.69 Å². The number of nitro benzene ring substituents is 1. The van der Waals surface area contributed by atoms with Crippen LogP contribution in [0, 0.1) is 16.0 Å². The lowest BCUT2D eigenvalue weighted by Gasteiger charge is -2.11. The minimum Gasteiger partial charge on any atom is -0.384 e. The Bertz CT molecular complexity index is 433. The molecule has 1 unspecified atom stereocenters. The predicted octanol–water partition coefficient (Wildman–Crippen LogP) is 2.66. The smallest absolute Gasteiger partial charge is 0.271 e. The van der Waals surface area contributed by atoms with E-state index in [0.717, 1.165) is 31.7 Å². The first-order valence-corrected chi connectivity index (χ1v) is 6.43. The van der Waals surface area contributed by atoms with Crippen LogP contribution >= 0.6 is 11.6 Å². The van der Waals surface area contributed by atoms with Gasteiger partial charge in [-0.3, -0.25) is 10.1 Å². The molecule has 6 heteroatoms. The van der Waals surface area contributed by atoms with Crippen molar-refractivity contribution in [3.05, 3.63) is 33.3 Å². The van der Waals surface area contributed by atoms with Gasteiger partial charge in [-0.05, 0) is 37.9 Å². The van der Waals surface area contributed by atoms with Crippen molar-refractivity contribution in [3.63, 3.8) is 0 Å². The number of halogens is 1. The lowest BCUT2D eigenvalue weighted by molar-refractivity contribution is -0.384. The molecule has 2 rings (SSSR count). The van der Waals surface area contributed by atoms with Gasteiger partial charge in [-0.1, -0.05) is 11.6 Å². The monoisotopic (exact) mass is 269 g/mol. The van der Waals surface area contributed by atoms with Crippen molar-refractivity contribution in [1.82, 2.24) is 5.32 Å². The second-order valence-electron chi connectivity index (χ2n) is 4.50. The first kappa shape index (κ1) is 13.1. The summed E-state index contributed by atoms with van der Waals surface area (Å²) in [5.41, 5.74) is 0.777. The molecule has 0 radical (unpaired) electrons. The van der Waals surface area contributed by atoms with Gasteiger partial charge in [-0.25, -0.2) is 0 Å². The Morgan fingerprint density at radius 1 is 1.56 bits per heavy atom. The lowest BCUT2D eigenvalue weighted by Crippen LogP contribution is -2.12. The number of benzene rings is 1. The van der Waals surface area contributed by atoms with E-state index in [-0.39, 0.29) is 5.69 Å². The fourth-order valence-corrected chi connectivity index (χ4v) is 2.37. The van der Waals surface area contributed by atoms with Crippen LogP contribution in [-0.4, -0.2) is 24.6 Å². The van der Waals surface area contributed by atoms with Crippen molar-refractivity contribution in [1.29, 1.82) is 0 Å². The zero-order valence-corrected chi connectivity index (χ0v) is 10.7. The van der Waals surface area contributed by atoms with Crippen LogP contribution in [0.15, 0.2) is 18.2 Å². The van der Waals surface area contributed by atoms with E-state index >= 15 is 0 Å². The van der Waals surface area contributed by atoms with Crippen LogP contribution in [0.3, 0.4) is 0 Å². The van der Waals surface area contributed by atoms with Gasteiger partial charge in [-0.15, -0.1) is 0 Å². The van der Waals surface area contributed by atoms with E-state index in [1.807, 2.05) is 0 Å². The fraction of sp³-hybridized carbons (Fsp3) is 0.500. The van der Waals surface area contributed by atoms with Crippen LogP contribution in [0.1, 0.15) is 12.8 Å². The highest BCUT2D eigenvalue weighted by atomic mass is 35.5. The van der Waals surface area contributed by atoms with E-state index in [4.69, 9.17) is 11.6 Å². The number of hydrogen-bond donors (Lipinski definition) is 2. The number of hydrogen-bond acceptors (Lipinski definition) is 4. The van der Waals surface area contributed by atoms with E-state index in [0.29, 0.717) is 10.9 Å². The van der Waals surface area contributed by atoms with Crippen molar-refractivity contribution in [2.45, 2.75) is 12.8 Å². The maximum Gasteiger partial charge on any atom is 0.271 e. The summed E-state index contributed by atoms with van der Waals surface area (Å²) >= 11 is 5.99. The molecule has 0 spiro atoms. The summed E-state index contributed by atoms with van der Waals surface area (Å²) in [6, 6.07) is 4.50. The van der Waals surface area contributed by atoms with Crippen LogP contribution in [-0.2, 0) is 0 Å². The second kappa shape index (κ2) is 6.02. The number of non-ortho nitro benzene ring substituents is 1. The van der Waals surface area contributed by atoms with Crippen molar-refractivity contribution in [3.8, 4) is 0 Å². The van der Waals surface area contributed by atoms with Crippen molar-refractivity contribution in [2.24, 2.45) is 5.92 Å². The molecule has 0 aromatic heterocycles. The molecule has 5 nitrogen and oxygen atoms in total. The quantitative estimate of drug-likeness (QED) is 0.637. The van der Waals surface area contributed by atoms with Gasteiger partial charge in [0.1, 0.15) is 0 Å². The van der Waals surface area contributed by atoms with Crippen LogP contribution < -0.4 is 10.6 Å². The highest BCUT2D eigenvalue weighted by Crippen LogP contribution is 2.26. The molecule has 1 aliphatic heterocycles. The highest BCUT2D eigenvalue weighted by molar-refractivity contribution is 6.33. The molecule has 0 amide bonds. The minimum absolute atomic E-state index is 0.0190. The molecule has 0 aliphatic carbocycles. The second-order valence-corrected chi connectivity index (χ2v) is 4.90.